The maximum absolute atomic E-state index is 16.0. The van der Waals surface area contributed by atoms with E-state index < -0.39 is 35.0 Å². The molecule has 0 aromatic carbocycles. The summed E-state index contributed by atoms with van der Waals surface area (Å²) in [6.45, 7) is 8.08. The molecule has 2 aromatic heterocycles. The number of ether oxygens (including phenoxy) is 2. The van der Waals surface area contributed by atoms with Crippen molar-refractivity contribution in [1.82, 2.24) is 19.5 Å². The monoisotopic (exact) mass is 437 g/mol. The first-order valence-electron chi connectivity index (χ1n) is 10.3. The summed E-state index contributed by atoms with van der Waals surface area (Å²) in [7, 11) is 0. The number of aromatic nitrogens is 4. The van der Waals surface area contributed by atoms with Gasteiger partial charge in [-0.05, 0) is 34.1 Å². The Kier molecular flexibility index (Phi) is 5.18. The smallest absolute Gasteiger partial charge is 0.309 e. The second-order valence-electron chi connectivity index (χ2n) is 9.21. The maximum Gasteiger partial charge on any atom is 0.309 e. The van der Waals surface area contributed by atoms with Gasteiger partial charge in [0, 0.05) is 13.1 Å². The van der Waals surface area contributed by atoms with Crippen molar-refractivity contribution in [1.29, 1.82) is 0 Å². The number of imidazole rings is 1. The Morgan fingerprint density at radius 2 is 1.97 bits per heavy atom. The number of hydrogen-bond donors (Lipinski definition) is 2. The number of fused-ring (bicyclic) bond motifs is 1. The van der Waals surface area contributed by atoms with Gasteiger partial charge in [-0.2, -0.15) is 0 Å². The van der Waals surface area contributed by atoms with Crippen LogP contribution in [-0.2, 0) is 14.3 Å². The van der Waals surface area contributed by atoms with Crippen LogP contribution in [0, 0.1) is 5.41 Å². The molecule has 0 unspecified atom stereocenters. The number of halogens is 1. The van der Waals surface area contributed by atoms with Crippen LogP contribution in [0.15, 0.2) is 12.7 Å². The molecule has 4 heterocycles. The Morgan fingerprint density at radius 1 is 1.29 bits per heavy atom. The Hall–Kier alpha value is -2.37. The van der Waals surface area contributed by atoms with E-state index in [1.165, 1.54) is 44.9 Å². The number of aliphatic carboxylic acids is 1. The molecule has 2 aliphatic heterocycles. The summed E-state index contributed by atoms with van der Waals surface area (Å²) in [5.74, 6) is -0.423. The summed E-state index contributed by atoms with van der Waals surface area (Å²) < 4.78 is 28.8. The second kappa shape index (κ2) is 7.35. The zero-order chi connectivity index (χ0) is 22.6. The largest absolute Gasteiger partial charge is 0.481 e. The van der Waals surface area contributed by atoms with Crippen molar-refractivity contribution >= 4 is 23.0 Å². The molecule has 4 atom stereocenters. The standard InChI is InChI=1S/C20H28FN5O5/c1-18(2,17(27)28)9-12-20(4,29)19(3,21)16(31-12)26-11-24-13-14(22-10-23-15(13)26)25-5-7-30-8-6-25/h10-12,16,29H,5-9H2,1-4H3,(H,27,28)/t12-,16-,19+,20+/m1/s1. The number of carboxylic acids is 1. The molecule has 2 aliphatic rings. The number of nitrogens with zero attached hydrogens (tertiary/aromatic N) is 5. The lowest BCUT2D eigenvalue weighted by Gasteiger charge is -2.35. The lowest BCUT2D eigenvalue weighted by atomic mass is 9.77. The zero-order valence-electron chi connectivity index (χ0n) is 18.1. The Labute approximate surface area is 179 Å². The topological polar surface area (TPSA) is 123 Å². The van der Waals surface area contributed by atoms with Crippen LogP contribution in [0.5, 0.6) is 0 Å². The number of aliphatic hydroxyl groups is 1. The number of carboxylic acid groups (broad SMARTS) is 1. The van der Waals surface area contributed by atoms with Crippen molar-refractivity contribution < 1.29 is 28.9 Å². The van der Waals surface area contributed by atoms with Crippen LogP contribution in [0.1, 0.15) is 40.3 Å². The van der Waals surface area contributed by atoms with E-state index in [9.17, 15) is 15.0 Å². The molecule has 4 rings (SSSR count). The summed E-state index contributed by atoms with van der Waals surface area (Å²) in [5, 5.41) is 20.5. The molecule has 0 saturated carbocycles. The molecule has 0 radical (unpaired) electrons. The quantitative estimate of drug-likeness (QED) is 0.717. The van der Waals surface area contributed by atoms with Crippen LogP contribution in [0.2, 0.25) is 0 Å². The van der Waals surface area contributed by atoms with E-state index in [0.717, 1.165) is 0 Å². The van der Waals surface area contributed by atoms with Gasteiger partial charge < -0.3 is 24.6 Å². The lowest BCUT2D eigenvalue weighted by Crippen LogP contribution is -2.52. The molecule has 0 spiro atoms. The molecular weight excluding hydrogens is 409 g/mol. The van der Waals surface area contributed by atoms with Crippen LogP contribution in [0.4, 0.5) is 10.2 Å². The molecule has 0 bridgehead atoms. The summed E-state index contributed by atoms with van der Waals surface area (Å²) in [4.78, 5) is 26.7. The Balaban J connectivity index is 1.71. The third-order valence-corrected chi connectivity index (χ3v) is 6.55. The number of hydrogen-bond acceptors (Lipinski definition) is 8. The number of rotatable bonds is 5. The highest BCUT2D eigenvalue weighted by atomic mass is 19.1. The Bertz CT molecular complexity index is 985. The van der Waals surface area contributed by atoms with Crippen molar-refractivity contribution in [3.05, 3.63) is 12.7 Å². The predicted molar refractivity (Wildman–Crippen MR) is 108 cm³/mol. The average Bonchev–Trinajstić information content (AvgIpc) is 3.21. The lowest BCUT2D eigenvalue weighted by molar-refractivity contribution is -0.151. The van der Waals surface area contributed by atoms with Gasteiger partial charge in [-0.3, -0.25) is 9.36 Å². The Morgan fingerprint density at radius 3 is 2.61 bits per heavy atom. The van der Waals surface area contributed by atoms with Crippen LogP contribution in [0.25, 0.3) is 11.2 Å². The first-order valence-corrected chi connectivity index (χ1v) is 10.3. The van der Waals surface area contributed by atoms with E-state index in [1.807, 2.05) is 4.90 Å². The van der Waals surface area contributed by atoms with Crippen LogP contribution in [0.3, 0.4) is 0 Å². The van der Waals surface area contributed by atoms with Gasteiger partial charge in [-0.15, -0.1) is 0 Å². The SMILES string of the molecule is CC(C)(C[C@H]1O[C@@H](n2cnc3c(N4CCOCC4)ncnc32)[C@](C)(F)[C@@]1(C)O)C(=O)O. The van der Waals surface area contributed by atoms with E-state index in [-0.39, 0.29) is 6.42 Å². The van der Waals surface area contributed by atoms with Crippen LogP contribution in [-0.4, -0.2) is 79.4 Å². The molecule has 0 aliphatic carbocycles. The molecular formula is C20H28FN5O5. The van der Waals surface area contributed by atoms with Crippen molar-refractivity contribution in [3.63, 3.8) is 0 Å². The molecule has 170 valence electrons. The first-order chi connectivity index (χ1) is 14.5. The number of carbonyl (C=O) groups is 1. The number of anilines is 1. The predicted octanol–water partition coefficient (Wildman–Crippen LogP) is 1.54. The number of alkyl halides is 1. The van der Waals surface area contributed by atoms with E-state index in [2.05, 4.69) is 15.0 Å². The maximum atomic E-state index is 16.0. The average molecular weight is 437 g/mol. The second-order valence-corrected chi connectivity index (χ2v) is 9.21. The summed E-state index contributed by atoms with van der Waals surface area (Å²) in [5.41, 5.74) is -4.50. The van der Waals surface area contributed by atoms with Crippen molar-refractivity contribution in [2.75, 3.05) is 31.2 Å². The molecule has 10 nitrogen and oxygen atoms in total. The van der Waals surface area contributed by atoms with Gasteiger partial charge in [-0.25, -0.2) is 19.3 Å². The molecule has 0 amide bonds. The fraction of sp³-hybridized carbons (Fsp3) is 0.700. The molecule has 2 N–H and O–H groups in total. The third-order valence-electron chi connectivity index (χ3n) is 6.55. The van der Waals surface area contributed by atoms with Gasteiger partial charge in [0.2, 0.25) is 0 Å². The van der Waals surface area contributed by atoms with Gasteiger partial charge in [0.25, 0.3) is 0 Å². The molecule has 2 saturated heterocycles. The van der Waals surface area contributed by atoms with Gasteiger partial charge >= 0.3 is 5.97 Å². The van der Waals surface area contributed by atoms with E-state index in [0.29, 0.717) is 43.3 Å². The van der Waals surface area contributed by atoms with Gasteiger partial charge in [0.15, 0.2) is 28.9 Å². The minimum absolute atomic E-state index is 0.0635. The number of morpholine rings is 1. The molecule has 2 aromatic rings. The van der Waals surface area contributed by atoms with Crippen LogP contribution >= 0.6 is 0 Å². The van der Waals surface area contributed by atoms with Crippen molar-refractivity contribution in [2.24, 2.45) is 5.41 Å². The molecule has 2 fully saturated rings. The van der Waals surface area contributed by atoms with Gasteiger partial charge in [0.05, 0.1) is 31.1 Å². The highest BCUT2D eigenvalue weighted by Gasteiger charge is 2.64. The van der Waals surface area contributed by atoms with Crippen LogP contribution < -0.4 is 4.90 Å². The van der Waals surface area contributed by atoms with E-state index >= 15 is 4.39 Å². The fourth-order valence-electron chi connectivity index (χ4n) is 4.12. The van der Waals surface area contributed by atoms with E-state index in [1.54, 1.807) is 0 Å². The first kappa shape index (κ1) is 21.8. The van der Waals surface area contributed by atoms with Gasteiger partial charge in [0.1, 0.15) is 11.9 Å². The molecule has 11 heteroatoms. The van der Waals surface area contributed by atoms with E-state index in [4.69, 9.17) is 9.47 Å². The normalized spacial score (nSPS) is 32.0. The van der Waals surface area contributed by atoms with Crippen molar-refractivity contribution in [2.45, 2.75) is 57.7 Å². The minimum atomic E-state index is -2.23. The molecule has 31 heavy (non-hydrogen) atoms. The third kappa shape index (κ3) is 3.44. The van der Waals surface area contributed by atoms with Crippen molar-refractivity contribution in [3.8, 4) is 0 Å². The zero-order valence-corrected chi connectivity index (χ0v) is 18.1. The minimum Gasteiger partial charge on any atom is -0.481 e. The summed E-state index contributed by atoms with van der Waals surface area (Å²) >= 11 is 0. The fourth-order valence-corrected chi connectivity index (χ4v) is 4.12. The highest BCUT2D eigenvalue weighted by Crippen LogP contribution is 2.51. The summed E-state index contributed by atoms with van der Waals surface area (Å²) in [6.07, 6.45) is 0.462. The van der Waals surface area contributed by atoms with Gasteiger partial charge in [-0.1, -0.05) is 0 Å². The highest BCUT2D eigenvalue weighted by molar-refractivity contribution is 5.83. The summed E-state index contributed by atoms with van der Waals surface area (Å²) in [6, 6.07) is 0.